The van der Waals surface area contributed by atoms with Gasteiger partial charge in [0.2, 0.25) is 6.29 Å². The molecule has 0 aromatic carbocycles. The van der Waals surface area contributed by atoms with Crippen molar-refractivity contribution in [2.75, 3.05) is 0 Å². The molecule has 0 amide bonds. The fourth-order valence-electron chi connectivity index (χ4n) is 2.30. The Kier molecular flexibility index (Phi) is 6.44. The first-order chi connectivity index (χ1) is 10.8. The van der Waals surface area contributed by atoms with Crippen molar-refractivity contribution in [3.8, 4) is 0 Å². The lowest BCUT2D eigenvalue weighted by Gasteiger charge is -2.27. The van der Waals surface area contributed by atoms with Crippen LogP contribution in [0.4, 0.5) is 0 Å². The van der Waals surface area contributed by atoms with Crippen LogP contribution in [0.2, 0.25) is 0 Å². The van der Waals surface area contributed by atoms with Gasteiger partial charge in [-0.1, -0.05) is 13.8 Å². The second-order valence-corrected chi connectivity index (χ2v) is 8.58. The quantitative estimate of drug-likeness (QED) is 0.790. The summed E-state index contributed by atoms with van der Waals surface area (Å²) in [5, 5.41) is 10.1. The van der Waals surface area contributed by atoms with E-state index in [1.165, 1.54) is 0 Å². The normalized spacial score (nSPS) is 29.2. The van der Waals surface area contributed by atoms with Gasteiger partial charge in [-0.25, -0.2) is 0 Å². The highest BCUT2D eigenvalue weighted by atomic mass is 16.7. The Bertz CT molecular complexity index is 459. The Balaban J connectivity index is 2.99. The van der Waals surface area contributed by atoms with Crippen molar-refractivity contribution in [2.24, 2.45) is 16.7 Å². The standard InChI is InChI=1S/C18H32O6/c1-9-11(19)12-10(2)13(23-15(20)17(3,4)5)14(22-12)24-16(21)18(6,7)8/h10-14,19H,9H2,1-8H3/t10-,11+,12+,13+,14-/m0/s1. The van der Waals surface area contributed by atoms with E-state index in [0.717, 1.165) is 0 Å². The Morgan fingerprint density at radius 3 is 1.92 bits per heavy atom. The molecule has 1 aliphatic rings. The largest absolute Gasteiger partial charge is 0.455 e. The summed E-state index contributed by atoms with van der Waals surface area (Å²) in [6.07, 6.45) is -2.52. The summed E-state index contributed by atoms with van der Waals surface area (Å²) in [5.41, 5.74) is -1.38. The average molecular weight is 344 g/mol. The van der Waals surface area contributed by atoms with E-state index in [-0.39, 0.29) is 5.92 Å². The molecular weight excluding hydrogens is 312 g/mol. The molecule has 1 heterocycles. The van der Waals surface area contributed by atoms with Crippen molar-refractivity contribution in [3.63, 3.8) is 0 Å². The number of carbonyl (C=O) groups is 2. The molecule has 6 nitrogen and oxygen atoms in total. The zero-order valence-corrected chi connectivity index (χ0v) is 16.1. The third kappa shape index (κ3) is 4.93. The minimum absolute atomic E-state index is 0.288. The molecule has 0 bridgehead atoms. The molecule has 0 radical (unpaired) electrons. The van der Waals surface area contributed by atoms with Crippen molar-refractivity contribution < 1.29 is 28.9 Å². The molecule has 1 saturated heterocycles. The van der Waals surface area contributed by atoms with Crippen LogP contribution >= 0.6 is 0 Å². The maximum Gasteiger partial charge on any atom is 0.313 e. The average Bonchev–Trinajstić information content (AvgIpc) is 2.73. The second kappa shape index (κ2) is 7.40. The third-order valence-corrected chi connectivity index (χ3v) is 4.08. The Morgan fingerprint density at radius 1 is 1.04 bits per heavy atom. The van der Waals surface area contributed by atoms with Crippen molar-refractivity contribution in [3.05, 3.63) is 0 Å². The summed E-state index contributed by atoms with van der Waals surface area (Å²) in [5.74, 6) is -1.13. The number of rotatable bonds is 4. The maximum absolute atomic E-state index is 12.3. The lowest BCUT2D eigenvalue weighted by Crippen LogP contribution is -2.40. The number of aliphatic hydroxyl groups excluding tert-OH is 1. The predicted molar refractivity (Wildman–Crippen MR) is 89.0 cm³/mol. The van der Waals surface area contributed by atoms with Gasteiger partial charge in [0.25, 0.3) is 0 Å². The molecule has 5 atom stereocenters. The van der Waals surface area contributed by atoms with Crippen LogP contribution in [0.3, 0.4) is 0 Å². The van der Waals surface area contributed by atoms with Crippen LogP contribution in [0.25, 0.3) is 0 Å². The van der Waals surface area contributed by atoms with Gasteiger partial charge in [0.15, 0.2) is 6.10 Å². The first kappa shape index (κ1) is 20.9. The minimum Gasteiger partial charge on any atom is -0.455 e. The zero-order chi connectivity index (χ0) is 18.9. The summed E-state index contributed by atoms with van der Waals surface area (Å²) in [6.45, 7) is 14.1. The fraction of sp³-hybridized carbons (Fsp3) is 0.889. The highest BCUT2D eigenvalue weighted by Crippen LogP contribution is 2.35. The smallest absolute Gasteiger partial charge is 0.313 e. The van der Waals surface area contributed by atoms with E-state index in [4.69, 9.17) is 14.2 Å². The number of hydrogen-bond acceptors (Lipinski definition) is 6. The first-order valence-corrected chi connectivity index (χ1v) is 8.54. The van der Waals surface area contributed by atoms with Crippen LogP contribution < -0.4 is 0 Å². The predicted octanol–water partition coefficient (Wildman–Crippen LogP) is 2.67. The molecule has 0 saturated carbocycles. The van der Waals surface area contributed by atoms with Crippen molar-refractivity contribution in [2.45, 2.75) is 86.4 Å². The molecule has 0 unspecified atom stereocenters. The van der Waals surface area contributed by atoms with Crippen LogP contribution in [0, 0.1) is 16.7 Å². The van der Waals surface area contributed by atoms with Gasteiger partial charge in [0.1, 0.15) is 0 Å². The van der Waals surface area contributed by atoms with Crippen LogP contribution in [-0.4, -0.2) is 41.6 Å². The molecule has 1 fully saturated rings. The van der Waals surface area contributed by atoms with E-state index in [2.05, 4.69) is 0 Å². The molecule has 1 rings (SSSR count). The monoisotopic (exact) mass is 344 g/mol. The summed E-state index contributed by atoms with van der Waals surface area (Å²) < 4.78 is 16.8. The molecule has 0 spiro atoms. The van der Waals surface area contributed by atoms with Crippen molar-refractivity contribution in [1.82, 2.24) is 0 Å². The van der Waals surface area contributed by atoms with Crippen LogP contribution in [-0.2, 0) is 23.8 Å². The minimum atomic E-state index is -1.01. The molecular formula is C18H32O6. The maximum atomic E-state index is 12.3. The van der Waals surface area contributed by atoms with E-state index in [9.17, 15) is 14.7 Å². The summed E-state index contributed by atoms with van der Waals surface area (Å²) in [4.78, 5) is 24.5. The van der Waals surface area contributed by atoms with Gasteiger partial charge in [-0.15, -0.1) is 0 Å². The van der Waals surface area contributed by atoms with E-state index in [0.29, 0.717) is 6.42 Å². The van der Waals surface area contributed by atoms with E-state index < -0.39 is 47.4 Å². The molecule has 1 aliphatic heterocycles. The van der Waals surface area contributed by atoms with E-state index in [1.807, 2.05) is 13.8 Å². The lowest BCUT2D eigenvalue weighted by molar-refractivity contribution is -0.209. The van der Waals surface area contributed by atoms with Gasteiger partial charge in [0, 0.05) is 5.92 Å². The summed E-state index contributed by atoms with van der Waals surface area (Å²) in [6, 6.07) is 0. The summed E-state index contributed by atoms with van der Waals surface area (Å²) in [7, 11) is 0. The SMILES string of the molecule is CC[C@@H](O)[C@@H]1O[C@@H](OC(=O)C(C)(C)C)[C@H](OC(=O)C(C)(C)C)[C@H]1C. The third-order valence-electron chi connectivity index (χ3n) is 4.08. The first-order valence-electron chi connectivity index (χ1n) is 8.54. The number of carbonyl (C=O) groups excluding carboxylic acids is 2. The zero-order valence-electron chi connectivity index (χ0n) is 16.1. The Hall–Kier alpha value is -1.14. The molecule has 24 heavy (non-hydrogen) atoms. The van der Waals surface area contributed by atoms with Crippen molar-refractivity contribution in [1.29, 1.82) is 0 Å². The highest BCUT2D eigenvalue weighted by molar-refractivity contribution is 5.76. The Morgan fingerprint density at radius 2 is 1.50 bits per heavy atom. The molecule has 0 aromatic rings. The van der Waals surface area contributed by atoms with Gasteiger partial charge >= 0.3 is 11.9 Å². The summed E-state index contributed by atoms with van der Waals surface area (Å²) >= 11 is 0. The highest BCUT2D eigenvalue weighted by Gasteiger charge is 2.50. The topological polar surface area (TPSA) is 82.1 Å². The Labute approximate surface area is 144 Å². The second-order valence-electron chi connectivity index (χ2n) is 8.58. The van der Waals surface area contributed by atoms with Crippen LogP contribution in [0.5, 0.6) is 0 Å². The van der Waals surface area contributed by atoms with Gasteiger partial charge < -0.3 is 19.3 Å². The molecule has 0 aromatic heterocycles. The van der Waals surface area contributed by atoms with Crippen LogP contribution in [0.1, 0.15) is 61.8 Å². The van der Waals surface area contributed by atoms with Gasteiger partial charge in [0.05, 0.1) is 23.0 Å². The van der Waals surface area contributed by atoms with Gasteiger partial charge in [-0.3, -0.25) is 9.59 Å². The number of ether oxygens (including phenoxy) is 3. The van der Waals surface area contributed by atoms with Gasteiger partial charge in [-0.2, -0.15) is 0 Å². The molecule has 140 valence electrons. The fourth-order valence-corrected chi connectivity index (χ4v) is 2.30. The number of hydrogen-bond donors (Lipinski definition) is 1. The number of aliphatic hydroxyl groups is 1. The van der Waals surface area contributed by atoms with E-state index >= 15 is 0 Å². The van der Waals surface area contributed by atoms with Crippen molar-refractivity contribution >= 4 is 11.9 Å². The molecule has 6 heteroatoms. The van der Waals surface area contributed by atoms with Gasteiger partial charge in [-0.05, 0) is 48.0 Å². The van der Waals surface area contributed by atoms with Crippen LogP contribution in [0.15, 0.2) is 0 Å². The lowest BCUT2D eigenvalue weighted by atomic mass is 9.94. The van der Waals surface area contributed by atoms with E-state index in [1.54, 1.807) is 41.5 Å². The molecule has 0 aliphatic carbocycles. The number of esters is 2. The molecule has 1 N–H and O–H groups in total.